The van der Waals surface area contributed by atoms with E-state index in [4.69, 9.17) is 0 Å². The first kappa shape index (κ1) is 12.9. The summed E-state index contributed by atoms with van der Waals surface area (Å²) in [6, 6.07) is 3.15. The van der Waals surface area contributed by atoms with E-state index in [1.807, 2.05) is 0 Å². The van der Waals surface area contributed by atoms with Gasteiger partial charge in [0.15, 0.2) is 6.04 Å². The maximum absolute atomic E-state index is 13.1. The highest BCUT2D eigenvalue weighted by Gasteiger charge is 2.46. The Morgan fingerprint density at radius 2 is 2.15 bits per heavy atom. The molecule has 8 heteroatoms. The summed E-state index contributed by atoms with van der Waals surface area (Å²) in [6.07, 6.45) is -2.87. The molecular formula is C12H12F3N5. The van der Waals surface area contributed by atoms with E-state index < -0.39 is 12.2 Å². The van der Waals surface area contributed by atoms with E-state index >= 15 is 0 Å². The number of fused-ring (bicyclic) bond motifs is 1. The van der Waals surface area contributed by atoms with Crippen LogP contribution in [0.2, 0.25) is 0 Å². The molecule has 0 saturated carbocycles. The molecule has 2 unspecified atom stereocenters. The van der Waals surface area contributed by atoms with Crippen LogP contribution in [0.4, 0.5) is 19.1 Å². The molecule has 3 heterocycles. The third-order valence-corrected chi connectivity index (χ3v) is 3.15. The third kappa shape index (κ3) is 2.21. The van der Waals surface area contributed by atoms with Crippen LogP contribution in [0.1, 0.15) is 19.4 Å². The van der Waals surface area contributed by atoms with Crippen molar-refractivity contribution in [1.82, 2.24) is 19.7 Å². The van der Waals surface area contributed by atoms with E-state index in [0.29, 0.717) is 5.69 Å². The fourth-order valence-corrected chi connectivity index (χ4v) is 2.23. The molecule has 0 radical (unpaired) electrons. The largest absolute Gasteiger partial charge is 0.411 e. The molecule has 20 heavy (non-hydrogen) atoms. The molecule has 0 bridgehead atoms. The van der Waals surface area contributed by atoms with Crippen molar-refractivity contribution >= 4 is 5.95 Å². The lowest BCUT2D eigenvalue weighted by atomic mass is 10.1. The van der Waals surface area contributed by atoms with Gasteiger partial charge in [-0.25, -0.2) is 4.68 Å². The maximum atomic E-state index is 13.1. The molecule has 1 N–H and O–H groups in total. The highest BCUT2D eigenvalue weighted by atomic mass is 19.4. The standard InChI is InChI=1S/C12H12F3N5/c1-7-6-9(12(13,14)15)20-11(17-7)18-10(19-20)8-4-2-3-5-16-8/h2-5,7,9H,6H2,1H3,(H,17,18,19). The fraction of sp³-hybridized carbons (Fsp3) is 0.417. The second-order valence-electron chi connectivity index (χ2n) is 4.76. The molecule has 5 nitrogen and oxygen atoms in total. The second kappa shape index (κ2) is 4.46. The maximum Gasteiger partial charge on any atom is 0.411 e. The zero-order valence-corrected chi connectivity index (χ0v) is 10.6. The molecule has 3 rings (SSSR count). The van der Waals surface area contributed by atoms with Crippen LogP contribution in [0.3, 0.4) is 0 Å². The van der Waals surface area contributed by atoms with Gasteiger partial charge in [0, 0.05) is 12.2 Å². The van der Waals surface area contributed by atoms with Gasteiger partial charge < -0.3 is 5.32 Å². The Kier molecular flexibility index (Phi) is 2.88. The molecule has 0 amide bonds. The summed E-state index contributed by atoms with van der Waals surface area (Å²) in [6.45, 7) is 1.69. The predicted molar refractivity (Wildman–Crippen MR) is 66.0 cm³/mol. The zero-order valence-electron chi connectivity index (χ0n) is 10.6. The van der Waals surface area contributed by atoms with Gasteiger partial charge in [-0.15, -0.1) is 5.10 Å². The zero-order chi connectivity index (χ0) is 14.3. The predicted octanol–water partition coefficient (Wildman–Crippen LogP) is 2.65. The van der Waals surface area contributed by atoms with Crippen LogP contribution in [-0.4, -0.2) is 32.0 Å². The monoisotopic (exact) mass is 283 g/mol. The average Bonchev–Trinajstić information content (AvgIpc) is 2.81. The minimum atomic E-state index is -4.35. The minimum absolute atomic E-state index is 0.0679. The van der Waals surface area contributed by atoms with Gasteiger partial charge >= 0.3 is 6.18 Å². The molecule has 0 saturated heterocycles. The number of anilines is 1. The van der Waals surface area contributed by atoms with Crippen molar-refractivity contribution < 1.29 is 13.2 Å². The van der Waals surface area contributed by atoms with E-state index in [1.54, 1.807) is 31.3 Å². The van der Waals surface area contributed by atoms with Crippen LogP contribution < -0.4 is 5.32 Å². The third-order valence-electron chi connectivity index (χ3n) is 3.15. The van der Waals surface area contributed by atoms with Crippen molar-refractivity contribution in [2.75, 3.05) is 5.32 Å². The first-order valence-electron chi connectivity index (χ1n) is 6.16. The van der Waals surface area contributed by atoms with Crippen molar-refractivity contribution in [2.24, 2.45) is 0 Å². The number of aromatic nitrogens is 4. The van der Waals surface area contributed by atoms with Gasteiger partial charge in [-0.05, 0) is 25.5 Å². The lowest BCUT2D eigenvalue weighted by Gasteiger charge is -2.30. The molecule has 0 spiro atoms. The highest BCUT2D eigenvalue weighted by molar-refractivity contribution is 5.51. The molecule has 2 aromatic rings. The minimum Gasteiger partial charge on any atom is -0.352 e. The van der Waals surface area contributed by atoms with Crippen molar-refractivity contribution in [3.8, 4) is 11.5 Å². The first-order valence-corrected chi connectivity index (χ1v) is 6.16. The average molecular weight is 283 g/mol. The van der Waals surface area contributed by atoms with Gasteiger partial charge in [0.1, 0.15) is 5.69 Å². The molecule has 0 aromatic carbocycles. The van der Waals surface area contributed by atoms with Gasteiger partial charge in [0.25, 0.3) is 0 Å². The Morgan fingerprint density at radius 3 is 2.80 bits per heavy atom. The lowest BCUT2D eigenvalue weighted by molar-refractivity contribution is -0.173. The normalized spacial score (nSPS) is 22.2. The Hall–Kier alpha value is -2.12. The fourth-order valence-electron chi connectivity index (χ4n) is 2.23. The quantitative estimate of drug-likeness (QED) is 0.874. The Morgan fingerprint density at radius 1 is 1.35 bits per heavy atom. The Labute approximate surface area is 112 Å². The number of hydrogen-bond acceptors (Lipinski definition) is 4. The van der Waals surface area contributed by atoms with Crippen molar-refractivity contribution in [3.63, 3.8) is 0 Å². The number of halogens is 3. The van der Waals surface area contributed by atoms with E-state index in [-0.39, 0.29) is 24.2 Å². The first-order chi connectivity index (χ1) is 9.45. The summed E-state index contributed by atoms with van der Waals surface area (Å²) in [5, 5.41) is 6.88. The Balaban J connectivity index is 2.05. The summed E-state index contributed by atoms with van der Waals surface area (Å²) in [5.74, 6) is 0.322. The molecule has 1 aliphatic rings. The van der Waals surface area contributed by atoms with Crippen LogP contribution in [0, 0.1) is 0 Å². The number of nitrogens with one attached hydrogen (secondary N) is 1. The van der Waals surface area contributed by atoms with E-state index in [1.165, 1.54) is 0 Å². The van der Waals surface area contributed by atoms with Crippen LogP contribution in [-0.2, 0) is 0 Å². The molecule has 106 valence electrons. The van der Waals surface area contributed by atoms with Crippen LogP contribution in [0.25, 0.3) is 11.5 Å². The molecule has 2 aromatic heterocycles. The molecular weight excluding hydrogens is 271 g/mol. The number of pyridine rings is 1. The van der Waals surface area contributed by atoms with Gasteiger partial charge in [-0.2, -0.15) is 18.2 Å². The van der Waals surface area contributed by atoms with Crippen LogP contribution in [0.5, 0.6) is 0 Å². The molecule has 0 fully saturated rings. The smallest absolute Gasteiger partial charge is 0.352 e. The number of nitrogens with zero attached hydrogens (tertiary/aromatic N) is 4. The Bertz CT molecular complexity index is 607. The van der Waals surface area contributed by atoms with Gasteiger partial charge in [0.05, 0.1) is 0 Å². The van der Waals surface area contributed by atoms with Crippen molar-refractivity contribution in [1.29, 1.82) is 0 Å². The summed E-state index contributed by atoms with van der Waals surface area (Å²) < 4.78 is 40.1. The summed E-state index contributed by atoms with van der Waals surface area (Å²) >= 11 is 0. The van der Waals surface area contributed by atoms with Gasteiger partial charge in [0.2, 0.25) is 11.8 Å². The van der Waals surface area contributed by atoms with E-state index in [2.05, 4.69) is 20.4 Å². The topological polar surface area (TPSA) is 55.6 Å². The molecule has 0 aliphatic carbocycles. The highest BCUT2D eigenvalue weighted by Crippen LogP contribution is 2.39. The lowest BCUT2D eigenvalue weighted by Crippen LogP contribution is -2.38. The molecule has 1 aliphatic heterocycles. The molecule has 2 atom stereocenters. The van der Waals surface area contributed by atoms with Crippen molar-refractivity contribution in [3.05, 3.63) is 24.4 Å². The SMILES string of the molecule is CC1CC(C(F)(F)F)n2nc(-c3ccccn3)nc2N1. The van der Waals surface area contributed by atoms with Crippen LogP contribution >= 0.6 is 0 Å². The van der Waals surface area contributed by atoms with Gasteiger partial charge in [-0.3, -0.25) is 4.98 Å². The number of rotatable bonds is 1. The second-order valence-corrected chi connectivity index (χ2v) is 4.76. The van der Waals surface area contributed by atoms with E-state index in [0.717, 1.165) is 4.68 Å². The van der Waals surface area contributed by atoms with Crippen LogP contribution in [0.15, 0.2) is 24.4 Å². The van der Waals surface area contributed by atoms with Gasteiger partial charge in [-0.1, -0.05) is 6.07 Å². The summed E-state index contributed by atoms with van der Waals surface area (Å²) in [5.41, 5.74) is 0.449. The summed E-state index contributed by atoms with van der Waals surface area (Å²) in [4.78, 5) is 8.16. The summed E-state index contributed by atoms with van der Waals surface area (Å²) in [7, 11) is 0. The van der Waals surface area contributed by atoms with E-state index in [9.17, 15) is 13.2 Å². The number of hydrogen-bond donors (Lipinski definition) is 1. The number of alkyl halides is 3. The van der Waals surface area contributed by atoms with Crippen molar-refractivity contribution in [2.45, 2.75) is 31.6 Å².